The molecule has 1 atom stereocenters. The first kappa shape index (κ1) is 17.1. The van der Waals surface area contributed by atoms with Gasteiger partial charge >= 0.3 is 0 Å². The number of nitrogens with one attached hydrogen (secondary N) is 1. The van der Waals surface area contributed by atoms with E-state index in [-0.39, 0.29) is 5.91 Å². The quantitative estimate of drug-likeness (QED) is 0.897. The van der Waals surface area contributed by atoms with Crippen LogP contribution in [0.2, 0.25) is 0 Å². The minimum atomic E-state index is 0.00752. The molecular weight excluding hydrogens is 328 g/mol. The van der Waals surface area contributed by atoms with Crippen LogP contribution in [-0.2, 0) is 6.61 Å². The molecule has 3 heterocycles. The molecule has 0 radical (unpaired) electrons. The number of piperidine rings is 1. The second-order valence-corrected chi connectivity index (χ2v) is 7.33. The number of para-hydroxylation sites is 1. The van der Waals surface area contributed by atoms with Crippen molar-refractivity contribution >= 4 is 5.91 Å². The molecule has 6 heteroatoms. The Kier molecular flexibility index (Phi) is 4.93. The van der Waals surface area contributed by atoms with Gasteiger partial charge in [0, 0.05) is 25.2 Å². The Morgan fingerprint density at radius 2 is 2.08 bits per heavy atom. The van der Waals surface area contributed by atoms with E-state index in [4.69, 9.17) is 4.74 Å². The molecule has 0 unspecified atom stereocenters. The number of nitrogens with zero attached hydrogens (tertiary/aromatic N) is 3. The lowest BCUT2D eigenvalue weighted by Gasteiger charge is -2.49. The lowest BCUT2D eigenvalue weighted by atomic mass is 9.97. The van der Waals surface area contributed by atoms with Gasteiger partial charge in [0.15, 0.2) is 5.69 Å². The van der Waals surface area contributed by atoms with Crippen LogP contribution in [0.25, 0.3) is 0 Å². The Morgan fingerprint density at radius 1 is 1.27 bits per heavy atom. The average molecular weight is 354 g/mol. The van der Waals surface area contributed by atoms with Crippen LogP contribution in [0.15, 0.2) is 36.4 Å². The summed E-state index contributed by atoms with van der Waals surface area (Å²) in [5.74, 6) is 0.810. The monoisotopic (exact) mass is 354 g/mol. The maximum absolute atomic E-state index is 12.6. The molecule has 0 spiro atoms. The van der Waals surface area contributed by atoms with Crippen molar-refractivity contribution in [3.8, 4) is 5.75 Å². The molecule has 1 amide bonds. The molecule has 6 nitrogen and oxygen atoms in total. The van der Waals surface area contributed by atoms with Crippen molar-refractivity contribution in [1.29, 1.82) is 0 Å². The molecule has 2 fully saturated rings. The number of amides is 1. The Morgan fingerprint density at radius 3 is 2.85 bits per heavy atom. The SMILES string of the molecule is C[C@@H]1CCCCN1C1CN(C(=O)c2cc(COc3ccccc3)[nH]n2)C1. The van der Waals surface area contributed by atoms with Gasteiger partial charge in [-0.1, -0.05) is 24.6 Å². The third-order valence-corrected chi connectivity index (χ3v) is 5.46. The van der Waals surface area contributed by atoms with Gasteiger partial charge in [-0.05, 0) is 44.5 Å². The molecule has 138 valence electrons. The van der Waals surface area contributed by atoms with Crippen LogP contribution in [0.5, 0.6) is 5.75 Å². The summed E-state index contributed by atoms with van der Waals surface area (Å²) in [4.78, 5) is 17.1. The highest BCUT2D eigenvalue weighted by Crippen LogP contribution is 2.25. The minimum absolute atomic E-state index is 0.00752. The third-order valence-electron chi connectivity index (χ3n) is 5.46. The zero-order valence-electron chi connectivity index (χ0n) is 15.2. The van der Waals surface area contributed by atoms with Gasteiger partial charge in [0.25, 0.3) is 5.91 Å². The molecule has 4 rings (SSSR count). The maximum atomic E-state index is 12.6. The van der Waals surface area contributed by atoms with E-state index in [0.717, 1.165) is 31.1 Å². The van der Waals surface area contributed by atoms with Crippen molar-refractivity contribution in [2.75, 3.05) is 19.6 Å². The fourth-order valence-corrected chi connectivity index (χ4v) is 3.88. The summed E-state index contributed by atoms with van der Waals surface area (Å²) in [6.45, 7) is 5.46. The van der Waals surface area contributed by atoms with Gasteiger partial charge in [-0.2, -0.15) is 5.10 Å². The number of hydrogen-bond acceptors (Lipinski definition) is 4. The number of benzene rings is 1. The van der Waals surface area contributed by atoms with Crippen LogP contribution in [0.1, 0.15) is 42.4 Å². The summed E-state index contributed by atoms with van der Waals surface area (Å²) in [6.07, 6.45) is 3.88. The topological polar surface area (TPSA) is 61.5 Å². The standard InChI is InChI=1S/C20H26N4O2/c1-15-7-5-6-10-24(15)17-12-23(13-17)20(25)19-11-16(21-22-19)14-26-18-8-3-2-4-9-18/h2-4,8-9,11,15,17H,5-7,10,12-14H2,1H3,(H,21,22)/t15-/m1/s1. The molecule has 0 saturated carbocycles. The van der Waals surface area contributed by atoms with Crippen molar-refractivity contribution in [1.82, 2.24) is 20.0 Å². The fraction of sp³-hybridized carbons (Fsp3) is 0.500. The zero-order chi connectivity index (χ0) is 17.9. The Balaban J connectivity index is 1.29. The number of aromatic amines is 1. The van der Waals surface area contributed by atoms with E-state index >= 15 is 0 Å². The van der Waals surface area contributed by atoms with E-state index in [2.05, 4.69) is 22.0 Å². The van der Waals surface area contributed by atoms with Crippen molar-refractivity contribution < 1.29 is 9.53 Å². The number of likely N-dealkylation sites (tertiary alicyclic amines) is 2. The summed E-state index contributed by atoms with van der Waals surface area (Å²) in [5.41, 5.74) is 1.28. The van der Waals surface area contributed by atoms with Gasteiger partial charge < -0.3 is 9.64 Å². The molecule has 2 saturated heterocycles. The smallest absolute Gasteiger partial charge is 0.274 e. The van der Waals surface area contributed by atoms with Gasteiger partial charge in [0.2, 0.25) is 0 Å². The van der Waals surface area contributed by atoms with Crippen molar-refractivity contribution in [2.24, 2.45) is 0 Å². The van der Waals surface area contributed by atoms with Crippen molar-refractivity contribution in [3.63, 3.8) is 0 Å². The van der Waals surface area contributed by atoms with E-state index in [1.54, 1.807) is 6.07 Å². The summed E-state index contributed by atoms with van der Waals surface area (Å²) >= 11 is 0. The fourth-order valence-electron chi connectivity index (χ4n) is 3.88. The minimum Gasteiger partial charge on any atom is -0.487 e. The second kappa shape index (κ2) is 7.50. The van der Waals surface area contributed by atoms with Crippen LogP contribution in [0.4, 0.5) is 0 Å². The van der Waals surface area contributed by atoms with E-state index < -0.39 is 0 Å². The van der Waals surface area contributed by atoms with Gasteiger partial charge in [-0.25, -0.2) is 0 Å². The molecule has 26 heavy (non-hydrogen) atoms. The van der Waals surface area contributed by atoms with Crippen LogP contribution < -0.4 is 4.74 Å². The number of rotatable bonds is 5. The summed E-state index contributed by atoms with van der Waals surface area (Å²) in [7, 11) is 0. The van der Waals surface area contributed by atoms with Gasteiger partial charge in [-0.3, -0.25) is 14.8 Å². The number of aromatic nitrogens is 2. The second-order valence-electron chi connectivity index (χ2n) is 7.33. The number of ether oxygens (including phenoxy) is 1. The highest BCUT2D eigenvalue weighted by Gasteiger charge is 2.38. The van der Waals surface area contributed by atoms with E-state index in [0.29, 0.717) is 24.4 Å². The highest BCUT2D eigenvalue weighted by atomic mass is 16.5. The lowest BCUT2D eigenvalue weighted by molar-refractivity contribution is 0.00181. The van der Waals surface area contributed by atoms with E-state index in [1.165, 1.54) is 19.3 Å². The normalized spacial score (nSPS) is 21.4. The molecule has 2 aliphatic heterocycles. The molecule has 1 aromatic heterocycles. The van der Waals surface area contributed by atoms with E-state index in [1.807, 2.05) is 35.2 Å². The third kappa shape index (κ3) is 3.60. The van der Waals surface area contributed by atoms with Crippen molar-refractivity contribution in [3.05, 3.63) is 47.8 Å². The molecule has 2 aromatic rings. The van der Waals surface area contributed by atoms with Crippen LogP contribution in [0.3, 0.4) is 0 Å². The average Bonchev–Trinajstić information content (AvgIpc) is 3.10. The highest BCUT2D eigenvalue weighted by molar-refractivity contribution is 5.93. The first-order valence-corrected chi connectivity index (χ1v) is 9.48. The molecule has 1 N–H and O–H groups in total. The number of carbonyl (C=O) groups excluding carboxylic acids is 1. The molecule has 2 aliphatic rings. The van der Waals surface area contributed by atoms with Crippen LogP contribution >= 0.6 is 0 Å². The Bertz CT molecular complexity index is 739. The molecule has 1 aromatic carbocycles. The zero-order valence-corrected chi connectivity index (χ0v) is 15.2. The Labute approximate surface area is 154 Å². The molecular formula is C20H26N4O2. The largest absolute Gasteiger partial charge is 0.487 e. The van der Waals surface area contributed by atoms with Crippen LogP contribution in [-0.4, -0.2) is 57.6 Å². The Hall–Kier alpha value is -2.34. The summed E-state index contributed by atoms with van der Waals surface area (Å²) in [5, 5.41) is 7.08. The van der Waals surface area contributed by atoms with Gasteiger partial charge in [0.1, 0.15) is 12.4 Å². The number of carbonyl (C=O) groups is 1. The summed E-state index contributed by atoms with van der Waals surface area (Å²) < 4.78 is 5.69. The summed E-state index contributed by atoms with van der Waals surface area (Å²) in [6, 6.07) is 12.6. The molecule has 0 aliphatic carbocycles. The number of hydrogen-bond donors (Lipinski definition) is 1. The van der Waals surface area contributed by atoms with Crippen molar-refractivity contribution in [2.45, 2.75) is 44.9 Å². The molecule has 0 bridgehead atoms. The van der Waals surface area contributed by atoms with E-state index in [9.17, 15) is 4.79 Å². The first-order valence-electron chi connectivity index (χ1n) is 9.48. The lowest BCUT2D eigenvalue weighted by Crippen LogP contribution is -2.63. The first-order chi connectivity index (χ1) is 12.7. The van der Waals surface area contributed by atoms with Gasteiger partial charge in [0.05, 0.1) is 5.69 Å². The van der Waals surface area contributed by atoms with Crippen LogP contribution in [0, 0.1) is 0 Å². The maximum Gasteiger partial charge on any atom is 0.274 e. The predicted octanol–water partition coefficient (Wildman–Crippen LogP) is 2.69. The van der Waals surface area contributed by atoms with Gasteiger partial charge in [-0.15, -0.1) is 0 Å². The number of H-pyrrole nitrogens is 1. The predicted molar refractivity (Wildman–Crippen MR) is 99.1 cm³/mol.